The molecule has 50 nitrogen and oxygen atoms in total. The molecule has 0 aliphatic carbocycles. The van der Waals surface area contributed by atoms with Crippen LogP contribution in [0, 0.1) is 22.7 Å². The lowest BCUT2D eigenvalue weighted by Gasteiger charge is -2.37. The third-order valence-corrected chi connectivity index (χ3v) is 22.3. The number of nitrogens with zero attached hydrogens (tertiary/aromatic N) is 7. The van der Waals surface area contributed by atoms with Gasteiger partial charge in [0.05, 0.1) is 39.1 Å². The SMILES string of the molecule is CC(C)C[C@H](NC(=O)[C@@H](NC(=O)[C@H](Cc1ccc(O)cc1)NC(=O)[C@@H]1CCCN1C(=O)[C@H](CCCN=C(N)N)NC(=O)[C@@H](NC(=O)[C@@H]1CCCN1C(=O)NC(=O)[C@H](CCCCN)NC(=O)[C@H](CC(N)=O)NC(=O)[C@H](CCC(=O)O)NC(=O)[C@H](Cc1ccc(O)cc1)NC(=O)CN(CCN(CCN(CC(=O)O)CC(=O)O)CC(=O)O)CC(=O)O)C1CCN(C(=N)N)CC1)C(C)(C)C)C(=O)O. The summed E-state index contributed by atoms with van der Waals surface area (Å²) in [7, 11) is 0. The number of nitrogens with two attached hydrogens (primary N) is 5. The number of hydrogen-bond donors (Lipinski definition) is 24. The number of rotatable bonds is 56. The number of aromatic hydroxyl groups is 2. The van der Waals surface area contributed by atoms with Gasteiger partial charge in [0.2, 0.25) is 65.0 Å². The average Bonchev–Trinajstić information content (AvgIpc) is 1.62. The van der Waals surface area contributed by atoms with Crippen LogP contribution in [0.4, 0.5) is 4.79 Å². The zero-order valence-electron chi connectivity index (χ0n) is 75.6. The average molecular weight is 1890 g/mol. The minimum Gasteiger partial charge on any atom is -0.508 e. The van der Waals surface area contributed by atoms with Gasteiger partial charge >= 0.3 is 41.8 Å². The fourth-order valence-electron chi connectivity index (χ4n) is 15.5. The van der Waals surface area contributed by atoms with Crippen molar-refractivity contribution in [1.29, 1.82) is 5.41 Å². The number of carboxylic acids is 6. The number of benzene rings is 2. The van der Waals surface area contributed by atoms with Crippen molar-refractivity contribution in [2.45, 2.75) is 210 Å². The largest absolute Gasteiger partial charge is 0.508 e. The second-order valence-electron chi connectivity index (χ2n) is 34.6. The minimum atomic E-state index is -2.05. The molecule has 50 heteroatoms. The number of piperidine rings is 1. The highest BCUT2D eigenvalue weighted by Gasteiger charge is 2.45. The number of hydrogen-bond acceptors (Lipinski definition) is 27. The Hall–Kier alpha value is -13.6. The zero-order valence-corrected chi connectivity index (χ0v) is 75.6. The van der Waals surface area contributed by atoms with E-state index in [1.165, 1.54) is 63.2 Å². The predicted octanol–water partition coefficient (Wildman–Crippen LogP) is -6.11. The van der Waals surface area contributed by atoms with Gasteiger partial charge in [0, 0.05) is 78.2 Å². The molecule has 3 aliphatic rings. The van der Waals surface area contributed by atoms with Gasteiger partial charge in [-0.3, -0.25) is 112 Å². The number of urea groups is 1. The molecule has 14 amide bonds. The molecule has 742 valence electrons. The smallest absolute Gasteiger partial charge is 0.326 e. The van der Waals surface area contributed by atoms with Crippen LogP contribution in [0.2, 0.25) is 0 Å². The van der Waals surface area contributed by atoms with Gasteiger partial charge in [0.1, 0.15) is 78.0 Å². The molecule has 3 saturated heterocycles. The minimum absolute atomic E-state index is 0.0399. The summed E-state index contributed by atoms with van der Waals surface area (Å²) in [4.78, 5) is 271. The predicted molar refractivity (Wildman–Crippen MR) is 475 cm³/mol. The fraction of sp³-hybridized carbons (Fsp3) is 0.607. The van der Waals surface area contributed by atoms with E-state index < -0.39 is 249 Å². The van der Waals surface area contributed by atoms with Crippen LogP contribution in [0.15, 0.2) is 53.5 Å². The number of carboxylic acid groups (broad SMARTS) is 6. The Bertz CT molecular complexity index is 4470. The number of phenols is 2. The molecular formula is C84H129N23O27. The Kier molecular flexibility index (Phi) is 45.0. The zero-order chi connectivity index (χ0) is 100.0. The molecule has 0 bridgehead atoms. The highest BCUT2D eigenvalue weighted by molar-refractivity contribution is 6.03. The Morgan fingerprint density at radius 2 is 0.925 bits per heavy atom. The van der Waals surface area contributed by atoms with Crippen molar-refractivity contribution in [1.82, 2.24) is 82.6 Å². The molecule has 3 fully saturated rings. The van der Waals surface area contributed by atoms with E-state index in [4.69, 9.17) is 34.1 Å². The lowest BCUT2D eigenvalue weighted by molar-refractivity contribution is -0.144. The Morgan fingerprint density at radius 1 is 0.478 bits per heavy atom. The molecule has 2 aromatic carbocycles. The third-order valence-electron chi connectivity index (χ3n) is 22.3. The van der Waals surface area contributed by atoms with Crippen molar-refractivity contribution in [3.63, 3.8) is 0 Å². The van der Waals surface area contributed by atoms with Gasteiger partial charge in [0.15, 0.2) is 11.9 Å². The number of aliphatic imine (C=N–C) groups is 1. The number of imide groups is 1. The first-order valence-electron chi connectivity index (χ1n) is 43.8. The number of carbonyl (C=O) groups is 19. The summed E-state index contributed by atoms with van der Waals surface area (Å²) < 4.78 is 0. The van der Waals surface area contributed by atoms with Gasteiger partial charge in [0.25, 0.3) is 5.91 Å². The van der Waals surface area contributed by atoms with E-state index >= 15 is 9.59 Å². The molecular weight excluding hydrogens is 1760 g/mol. The van der Waals surface area contributed by atoms with Crippen LogP contribution in [0.25, 0.3) is 0 Å². The molecule has 3 heterocycles. The van der Waals surface area contributed by atoms with Crippen LogP contribution in [0.3, 0.4) is 0 Å². The van der Waals surface area contributed by atoms with Crippen molar-refractivity contribution in [3.8, 4) is 11.5 Å². The fourth-order valence-corrected chi connectivity index (χ4v) is 15.5. The normalized spacial score (nSPS) is 16.5. The van der Waals surface area contributed by atoms with Crippen LogP contribution in [0.5, 0.6) is 11.5 Å². The third kappa shape index (κ3) is 38.6. The number of phenolic OH excluding ortho intramolecular Hbond substituents is 2. The molecule has 0 saturated carbocycles. The number of guanidine groups is 2. The summed E-state index contributed by atoms with van der Waals surface area (Å²) in [6, 6.07) is -7.79. The van der Waals surface area contributed by atoms with Crippen molar-refractivity contribution < 1.29 is 132 Å². The number of aliphatic carboxylic acids is 6. The van der Waals surface area contributed by atoms with Crippen molar-refractivity contribution in [2.75, 3.05) is 98.2 Å². The van der Waals surface area contributed by atoms with Gasteiger partial charge < -0.3 is 132 Å². The van der Waals surface area contributed by atoms with Crippen molar-refractivity contribution >= 4 is 125 Å². The molecule has 0 spiro atoms. The first-order valence-corrected chi connectivity index (χ1v) is 43.8. The van der Waals surface area contributed by atoms with Gasteiger partial charge in [-0.2, -0.15) is 0 Å². The second-order valence-corrected chi connectivity index (χ2v) is 34.6. The van der Waals surface area contributed by atoms with Crippen LogP contribution >= 0.6 is 0 Å². The number of carbonyl (C=O) groups excluding carboxylic acids is 13. The van der Waals surface area contributed by atoms with Gasteiger partial charge in [-0.1, -0.05) is 58.9 Å². The van der Waals surface area contributed by atoms with Crippen LogP contribution in [-0.2, 0) is 99.1 Å². The van der Waals surface area contributed by atoms with Crippen LogP contribution in [0.1, 0.15) is 142 Å². The molecule has 3 aliphatic heterocycles. The van der Waals surface area contributed by atoms with Gasteiger partial charge in [-0.05, 0) is 143 Å². The summed E-state index contributed by atoms with van der Waals surface area (Å²) in [5.41, 5.74) is 28.2. The number of unbranched alkanes of at least 4 members (excludes halogenated alkanes) is 1. The lowest BCUT2D eigenvalue weighted by atomic mass is 9.85. The summed E-state index contributed by atoms with van der Waals surface area (Å²) in [6.45, 7) is 3.34. The highest BCUT2D eigenvalue weighted by atomic mass is 16.4. The maximum Gasteiger partial charge on any atom is 0.326 e. The van der Waals surface area contributed by atoms with Gasteiger partial charge in [-0.25, -0.2) is 9.59 Å². The quantitative estimate of drug-likeness (QED) is 0.0166. The summed E-state index contributed by atoms with van der Waals surface area (Å²) in [6.07, 6.45) is -2.83. The van der Waals surface area contributed by atoms with E-state index in [0.717, 1.165) is 14.7 Å². The molecule has 2 aromatic rings. The van der Waals surface area contributed by atoms with E-state index in [2.05, 4.69) is 58.2 Å². The molecule has 0 radical (unpaired) electrons. The van der Waals surface area contributed by atoms with Crippen LogP contribution in [-0.4, -0.2) is 360 Å². The molecule has 29 N–H and O–H groups in total. The number of primary amides is 1. The van der Waals surface area contributed by atoms with E-state index in [1.54, 1.807) is 34.6 Å². The van der Waals surface area contributed by atoms with E-state index in [0.29, 0.717) is 5.56 Å². The van der Waals surface area contributed by atoms with Crippen molar-refractivity contribution in [3.05, 3.63) is 59.7 Å². The molecule has 0 unspecified atom stereocenters. The first-order chi connectivity index (χ1) is 63.0. The molecule has 5 rings (SSSR count). The second kappa shape index (κ2) is 54.4. The standard InChI is InChI=1S/C84H129N23O27/c1-46(2)37-58(80(132)133)98-78(130)69(84(3,4)5)100-74(126)56(39-48-17-21-51(109)22-18-48)97-75(127)59-13-9-29-106(59)79(131)54(12-8-28-91-81(87)88)95-77(129)68(49-25-31-105(32-26-49)82(89)90)99-76(128)60-14-10-30-107(60)83(134)101-71(123)52(11-6-7-27-85)93-73(125)57(40-61(86)110)96-70(122)53(23-24-63(112)113)94-72(124)55(38-47-15-19-50(108)20-16-47)92-62(111)41-103(43-65(116)117)35-33-102(42-64(114)115)34-36-104(44-66(118)119)45-67(120)121/h15-22,46,49,52-60,68-69,108-109H,6-14,23-45,85H2,1-5H3,(H2,86,110)(H3,89,90)(H,92,111)(H,93,125)(H,94,124)(H,95,129)(H,96,122)(H,97,127)(H,98,130)(H,99,128)(H,100,126)(H,112,113)(H,114,115)(H,116,117)(H,118,119)(H,120,121)(H,132,133)(H4,87,88,91)(H,101,123,134)/t52-,53-,54-,55-,56-,57-,58-,59-,60-,68-,69+/m0/s1. The molecule has 0 aromatic heterocycles. The maximum absolute atomic E-state index is 15.3. The van der Waals surface area contributed by atoms with E-state index in [-0.39, 0.29) is 184 Å². The summed E-state index contributed by atoms with van der Waals surface area (Å²) in [5.74, 6) is -22.9. The summed E-state index contributed by atoms with van der Waals surface area (Å²) >= 11 is 0. The highest BCUT2D eigenvalue weighted by Crippen LogP contribution is 2.28. The van der Waals surface area contributed by atoms with E-state index in [1.807, 2.05) is 0 Å². The first kappa shape index (κ1) is 111. The number of amides is 14. The van der Waals surface area contributed by atoms with Crippen LogP contribution < -0.4 is 81.8 Å². The number of nitrogens with one attached hydrogen (secondary N) is 11. The monoisotopic (exact) mass is 1890 g/mol. The van der Waals surface area contributed by atoms with Gasteiger partial charge in [-0.15, -0.1) is 0 Å². The molecule has 134 heavy (non-hydrogen) atoms. The van der Waals surface area contributed by atoms with Crippen molar-refractivity contribution in [2.24, 2.45) is 50.9 Å². The number of likely N-dealkylation sites (tertiary alicyclic amines) is 3. The topological polar surface area (TPSA) is 792 Å². The lowest BCUT2D eigenvalue weighted by Crippen LogP contribution is -2.62. The Labute approximate surface area is 772 Å². The summed E-state index contributed by atoms with van der Waals surface area (Å²) in [5, 5.41) is 111. The maximum atomic E-state index is 15.3. The van der Waals surface area contributed by atoms with E-state index in [9.17, 15) is 122 Å². The Morgan fingerprint density at radius 3 is 1.42 bits per heavy atom. The Balaban J connectivity index is 1.39. The molecule has 11 atom stereocenters.